The van der Waals surface area contributed by atoms with Crippen molar-refractivity contribution in [1.29, 1.82) is 0 Å². The van der Waals surface area contributed by atoms with Crippen LogP contribution >= 0.6 is 11.3 Å². The van der Waals surface area contributed by atoms with E-state index in [1.807, 2.05) is 42.6 Å². The molecule has 0 fully saturated rings. The number of aromatic nitrogens is 1. The van der Waals surface area contributed by atoms with E-state index in [2.05, 4.69) is 4.98 Å². The van der Waals surface area contributed by atoms with Crippen LogP contribution < -0.4 is 0 Å². The predicted molar refractivity (Wildman–Crippen MR) is 89.5 cm³/mol. The Kier molecular flexibility index (Phi) is 5.87. The van der Waals surface area contributed by atoms with Crippen LogP contribution in [0.25, 0.3) is 0 Å². The van der Waals surface area contributed by atoms with Gasteiger partial charge in [0.2, 0.25) is 5.91 Å². The van der Waals surface area contributed by atoms with Crippen molar-refractivity contribution in [1.82, 2.24) is 9.88 Å². The summed E-state index contributed by atoms with van der Waals surface area (Å²) in [6, 6.07) is 8.44. The van der Waals surface area contributed by atoms with E-state index in [-0.39, 0.29) is 18.7 Å². The van der Waals surface area contributed by atoms with Crippen LogP contribution in [0.15, 0.2) is 35.7 Å². The van der Waals surface area contributed by atoms with Crippen molar-refractivity contribution in [3.8, 4) is 0 Å². The number of benzene rings is 1. The second-order valence-corrected chi connectivity index (χ2v) is 6.25. The first-order valence-corrected chi connectivity index (χ1v) is 8.35. The molecule has 0 aliphatic heterocycles. The van der Waals surface area contributed by atoms with Crippen molar-refractivity contribution in [2.24, 2.45) is 0 Å². The highest BCUT2D eigenvalue weighted by molar-refractivity contribution is 7.09. The number of thiazole rings is 1. The average Bonchev–Trinajstić information content (AvgIpc) is 3.00. The zero-order chi connectivity index (χ0) is 16.8. The Morgan fingerprint density at radius 3 is 2.57 bits per heavy atom. The van der Waals surface area contributed by atoms with Crippen molar-refractivity contribution in [3.05, 3.63) is 52.0 Å². The number of carbonyl (C=O) groups is 2. The first-order chi connectivity index (χ1) is 11.0. The molecule has 0 spiro atoms. The number of aliphatic carboxylic acids is 1. The molecule has 1 amide bonds. The number of carbonyl (C=O) groups excluding carboxylic acids is 1. The van der Waals surface area contributed by atoms with Gasteiger partial charge in [-0.05, 0) is 12.0 Å². The maximum absolute atomic E-state index is 12.4. The van der Waals surface area contributed by atoms with E-state index in [9.17, 15) is 14.7 Å². The minimum Gasteiger partial charge on any atom is -0.480 e. The van der Waals surface area contributed by atoms with Crippen LogP contribution in [-0.4, -0.2) is 40.0 Å². The van der Waals surface area contributed by atoms with E-state index in [0.717, 1.165) is 17.0 Å². The molecule has 2 rings (SSSR count). The van der Waals surface area contributed by atoms with Gasteiger partial charge in [0.25, 0.3) is 0 Å². The topological polar surface area (TPSA) is 70.5 Å². The van der Waals surface area contributed by atoms with Crippen LogP contribution in [0.5, 0.6) is 0 Å². The smallest absolute Gasteiger partial charge is 0.326 e. The lowest BCUT2D eigenvalue weighted by Crippen LogP contribution is -2.44. The molecule has 0 aliphatic carbocycles. The number of carboxylic acids is 1. The lowest BCUT2D eigenvalue weighted by Gasteiger charge is -2.24. The molecule has 1 unspecified atom stereocenters. The van der Waals surface area contributed by atoms with E-state index >= 15 is 0 Å². The fourth-order valence-electron chi connectivity index (χ4n) is 2.27. The lowest BCUT2D eigenvalue weighted by atomic mass is 10.0. The molecule has 1 N–H and O–H groups in total. The standard InChI is InChI=1S/C17H20N2O3S/c1-3-15-18-13(11-23-15)10-16(20)19(2)14(17(21)22)9-12-7-5-4-6-8-12/h4-8,11,14H,3,9-10H2,1-2H3,(H,21,22). The third kappa shape index (κ3) is 4.63. The second kappa shape index (κ2) is 7.87. The summed E-state index contributed by atoms with van der Waals surface area (Å²) >= 11 is 1.52. The first kappa shape index (κ1) is 17.1. The number of aryl methyl sites for hydroxylation is 1. The van der Waals surface area contributed by atoms with Crippen LogP contribution in [0.4, 0.5) is 0 Å². The van der Waals surface area contributed by atoms with Gasteiger partial charge in [0.1, 0.15) is 6.04 Å². The largest absolute Gasteiger partial charge is 0.480 e. The quantitative estimate of drug-likeness (QED) is 0.845. The molecular weight excluding hydrogens is 312 g/mol. The fourth-order valence-corrected chi connectivity index (χ4v) is 3.02. The number of likely N-dealkylation sites (N-methyl/N-ethyl adjacent to an activating group) is 1. The summed E-state index contributed by atoms with van der Waals surface area (Å²) in [6.07, 6.45) is 1.25. The highest BCUT2D eigenvalue weighted by Crippen LogP contribution is 2.14. The highest BCUT2D eigenvalue weighted by Gasteiger charge is 2.27. The molecule has 5 nitrogen and oxygen atoms in total. The Morgan fingerprint density at radius 1 is 1.30 bits per heavy atom. The molecular formula is C17H20N2O3S. The van der Waals surface area contributed by atoms with Gasteiger partial charge in [-0.25, -0.2) is 9.78 Å². The summed E-state index contributed by atoms with van der Waals surface area (Å²) < 4.78 is 0. The monoisotopic (exact) mass is 332 g/mol. The number of nitrogens with zero attached hydrogens (tertiary/aromatic N) is 2. The fraction of sp³-hybridized carbons (Fsp3) is 0.353. The van der Waals surface area contributed by atoms with Crippen LogP contribution in [0.1, 0.15) is 23.2 Å². The van der Waals surface area contributed by atoms with Crippen molar-refractivity contribution >= 4 is 23.2 Å². The molecule has 2 aromatic rings. The maximum atomic E-state index is 12.4. The number of rotatable bonds is 7. The van der Waals surface area contributed by atoms with E-state index < -0.39 is 12.0 Å². The third-order valence-electron chi connectivity index (χ3n) is 3.65. The van der Waals surface area contributed by atoms with Gasteiger partial charge in [-0.3, -0.25) is 4.79 Å². The van der Waals surface area contributed by atoms with Gasteiger partial charge in [0, 0.05) is 18.8 Å². The van der Waals surface area contributed by atoms with Crippen molar-refractivity contribution in [2.45, 2.75) is 32.2 Å². The third-order valence-corrected chi connectivity index (χ3v) is 4.69. The summed E-state index contributed by atoms with van der Waals surface area (Å²) in [5.74, 6) is -1.24. The minimum absolute atomic E-state index is 0.131. The highest BCUT2D eigenvalue weighted by atomic mass is 32.1. The van der Waals surface area contributed by atoms with Crippen molar-refractivity contribution in [2.75, 3.05) is 7.05 Å². The Labute approximate surface area is 139 Å². The number of carboxylic acid groups (broad SMARTS) is 1. The van der Waals surface area contributed by atoms with Gasteiger partial charge in [0.05, 0.1) is 17.1 Å². The average molecular weight is 332 g/mol. The van der Waals surface area contributed by atoms with Gasteiger partial charge in [-0.1, -0.05) is 37.3 Å². The molecule has 6 heteroatoms. The van der Waals surface area contributed by atoms with Gasteiger partial charge < -0.3 is 10.0 Å². The summed E-state index contributed by atoms with van der Waals surface area (Å²) in [7, 11) is 1.54. The van der Waals surface area contributed by atoms with E-state index in [1.165, 1.54) is 23.3 Å². The molecule has 1 heterocycles. The van der Waals surface area contributed by atoms with Crippen LogP contribution in [-0.2, 0) is 28.9 Å². The first-order valence-electron chi connectivity index (χ1n) is 7.47. The van der Waals surface area contributed by atoms with E-state index in [1.54, 1.807) is 0 Å². The molecule has 1 aromatic heterocycles. The molecule has 0 radical (unpaired) electrons. The molecule has 0 saturated heterocycles. The van der Waals surface area contributed by atoms with Crippen molar-refractivity contribution in [3.63, 3.8) is 0 Å². The van der Waals surface area contributed by atoms with E-state index in [4.69, 9.17) is 0 Å². The molecule has 0 saturated carbocycles. The van der Waals surface area contributed by atoms with Crippen molar-refractivity contribution < 1.29 is 14.7 Å². The summed E-state index contributed by atoms with van der Waals surface area (Å²) in [5.41, 5.74) is 1.59. The summed E-state index contributed by atoms with van der Waals surface area (Å²) in [5, 5.41) is 12.3. The zero-order valence-corrected chi connectivity index (χ0v) is 14.0. The number of hydrogen-bond donors (Lipinski definition) is 1. The Balaban J connectivity index is 2.06. The van der Waals surface area contributed by atoms with Crippen LogP contribution in [0.2, 0.25) is 0 Å². The van der Waals surface area contributed by atoms with Gasteiger partial charge in [-0.15, -0.1) is 11.3 Å². The normalized spacial score (nSPS) is 11.9. The van der Waals surface area contributed by atoms with Gasteiger partial charge in [-0.2, -0.15) is 0 Å². The lowest BCUT2D eigenvalue weighted by molar-refractivity contribution is -0.148. The predicted octanol–water partition coefficient (Wildman–Crippen LogP) is 2.40. The summed E-state index contributed by atoms with van der Waals surface area (Å²) in [4.78, 5) is 29.6. The maximum Gasteiger partial charge on any atom is 0.326 e. The Morgan fingerprint density at radius 2 is 2.00 bits per heavy atom. The van der Waals surface area contributed by atoms with Crippen LogP contribution in [0.3, 0.4) is 0 Å². The Hall–Kier alpha value is -2.21. The molecule has 1 aromatic carbocycles. The molecule has 0 bridgehead atoms. The van der Waals surface area contributed by atoms with Gasteiger partial charge in [0.15, 0.2) is 0 Å². The van der Waals surface area contributed by atoms with Crippen LogP contribution in [0, 0.1) is 0 Å². The molecule has 1 atom stereocenters. The molecule has 23 heavy (non-hydrogen) atoms. The zero-order valence-electron chi connectivity index (χ0n) is 13.2. The van der Waals surface area contributed by atoms with E-state index in [0.29, 0.717) is 5.69 Å². The SMILES string of the molecule is CCc1nc(CC(=O)N(C)C(Cc2ccccc2)C(=O)O)cs1. The summed E-state index contributed by atoms with van der Waals surface area (Å²) in [6.45, 7) is 2.01. The Bertz CT molecular complexity index is 669. The molecule has 0 aliphatic rings. The molecule has 122 valence electrons. The minimum atomic E-state index is -1.00. The van der Waals surface area contributed by atoms with Gasteiger partial charge >= 0.3 is 5.97 Å². The second-order valence-electron chi connectivity index (χ2n) is 5.31. The number of hydrogen-bond acceptors (Lipinski definition) is 4. The number of amides is 1.